The Balaban J connectivity index is 1.33. The van der Waals surface area contributed by atoms with Crippen molar-refractivity contribution in [2.24, 2.45) is 5.92 Å². The monoisotopic (exact) mass is 493 g/mol. The van der Waals surface area contributed by atoms with E-state index in [1.807, 2.05) is 12.1 Å². The van der Waals surface area contributed by atoms with Crippen molar-refractivity contribution in [2.45, 2.75) is 31.5 Å². The SMILES string of the molecule is Cc1nsc(NC(=O)C[N+]23CCC(CC2)[C@@H](OC(=O)C(O)(c2ccccc2)c2ccccc2)C3)n1. The molecule has 1 amide bonds. The third kappa shape index (κ3) is 4.71. The molecule has 3 aliphatic heterocycles. The van der Waals surface area contributed by atoms with E-state index >= 15 is 0 Å². The molecule has 1 atom stereocenters. The van der Waals surface area contributed by atoms with E-state index in [1.54, 1.807) is 55.5 Å². The Morgan fingerprint density at radius 1 is 1.09 bits per heavy atom. The number of ether oxygens (including phenoxy) is 1. The highest BCUT2D eigenvalue weighted by Gasteiger charge is 2.51. The molecule has 3 aliphatic rings. The maximum Gasteiger partial charge on any atom is 0.348 e. The quantitative estimate of drug-likeness (QED) is 0.388. The second-order valence-corrected chi connectivity index (χ2v) is 10.3. The standard InChI is InChI=1S/C26H28N4O4S/c1-18-27-25(35-29-18)28-23(31)17-30-14-12-19(13-15-30)22(16-30)34-24(32)26(33,20-8-4-2-5-9-20)21-10-6-3-7-11-21/h2-11,19,22,33H,12-17H2,1H3/p+1/t19?,22-,30?/m0/s1. The summed E-state index contributed by atoms with van der Waals surface area (Å²) in [6.45, 7) is 4.36. The van der Waals surface area contributed by atoms with E-state index in [1.165, 1.54) is 11.5 Å². The number of carbonyl (C=O) groups is 2. The number of rotatable bonds is 7. The molecule has 0 unspecified atom stereocenters. The number of hydrogen-bond acceptors (Lipinski definition) is 7. The molecule has 3 fully saturated rings. The zero-order valence-electron chi connectivity index (χ0n) is 19.6. The van der Waals surface area contributed by atoms with Crippen LogP contribution in [0.5, 0.6) is 0 Å². The van der Waals surface area contributed by atoms with Crippen molar-refractivity contribution in [1.29, 1.82) is 0 Å². The van der Waals surface area contributed by atoms with Gasteiger partial charge in [0.25, 0.3) is 5.91 Å². The Kier molecular flexibility index (Phi) is 6.39. The average Bonchev–Trinajstić information content (AvgIpc) is 3.29. The summed E-state index contributed by atoms with van der Waals surface area (Å²) >= 11 is 1.17. The summed E-state index contributed by atoms with van der Waals surface area (Å²) in [4.78, 5) is 30.6. The van der Waals surface area contributed by atoms with E-state index in [0.29, 0.717) is 39.7 Å². The number of nitrogens with one attached hydrogen (secondary N) is 1. The molecule has 1 aromatic heterocycles. The van der Waals surface area contributed by atoms with Crippen molar-refractivity contribution in [3.8, 4) is 0 Å². The molecule has 35 heavy (non-hydrogen) atoms. The number of carbonyl (C=O) groups excluding carboxylic acids is 2. The van der Waals surface area contributed by atoms with Gasteiger partial charge in [-0.25, -0.2) is 9.78 Å². The van der Waals surface area contributed by atoms with Crippen LogP contribution in [0.1, 0.15) is 29.8 Å². The number of esters is 1. The largest absolute Gasteiger partial charge is 0.453 e. The Morgan fingerprint density at radius 2 is 1.69 bits per heavy atom. The molecule has 182 valence electrons. The summed E-state index contributed by atoms with van der Waals surface area (Å²) in [7, 11) is 0. The fourth-order valence-corrected chi connectivity index (χ4v) is 5.96. The number of nitrogens with zero attached hydrogens (tertiary/aromatic N) is 3. The number of aryl methyl sites for hydroxylation is 1. The minimum Gasteiger partial charge on any atom is -0.453 e. The van der Waals surface area contributed by atoms with E-state index < -0.39 is 11.6 Å². The van der Waals surface area contributed by atoms with Crippen LogP contribution in [-0.2, 0) is 19.9 Å². The summed E-state index contributed by atoms with van der Waals surface area (Å²) in [5.74, 6) is 0.0632. The van der Waals surface area contributed by atoms with Gasteiger partial charge < -0.3 is 14.3 Å². The average molecular weight is 494 g/mol. The lowest BCUT2D eigenvalue weighted by Crippen LogP contribution is -2.66. The van der Waals surface area contributed by atoms with Crippen LogP contribution in [-0.4, -0.2) is 63.1 Å². The molecule has 0 aliphatic carbocycles. The number of piperidine rings is 3. The van der Waals surface area contributed by atoms with Gasteiger partial charge in [0.2, 0.25) is 10.7 Å². The first-order valence-electron chi connectivity index (χ1n) is 11.9. The van der Waals surface area contributed by atoms with Crippen LogP contribution in [0, 0.1) is 12.8 Å². The molecule has 4 heterocycles. The Bertz CT molecular complexity index is 1150. The highest BCUT2D eigenvalue weighted by Crippen LogP contribution is 2.38. The highest BCUT2D eigenvalue weighted by molar-refractivity contribution is 7.09. The van der Waals surface area contributed by atoms with Crippen molar-refractivity contribution in [2.75, 3.05) is 31.5 Å². The molecule has 0 spiro atoms. The minimum absolute atomic E-state index is 0.114. The lowest BCUT2D eigenvalue weighted by molar-refractivity contribution is -0.939. The number of amides is 1. The Morgan fingerprint density at radius 3 is 2.23 bits per heavy atom. The summed E-state index contributed by atoms with van der Waals surface area (Å²) in [6, 6.07) is 17.8. The number of anilines is 1. The molecular weight excluding hydrogens is 464 g/mol. The maximum atomic E-state index is 13.6. The highest BCUT2D eigenvalue weighted by atomic mass is 32.1. The van der Waals surface area contributed by atoms with Crippen LogP contribution in [0.15, 0.2) is 60.7 Å². The van der Waals surface area contributed by atoms with Crippen molar-refractivity contribution in [1.82, 2.24) is 9.36 Å². The van der Waals surface area contributed by atoms with Crippen LogP contribution in [0.4, 0.5) is 5.13 Å². The predicted molar refractivity (Wildman–Crippen MR) is 131 cm³/mol. The van der Waals surface area contributed by atoms with E-state index in [-0.39, 0.29) is 17.9 Å². The summed E-state index contributed by atoms with van der Waals surface area (Å²) < 4.78 is 10.7. The summed E-state index contributed by atoms with van der Waals surface area (Å²) in [6.07, 6.45) is 1.39. The molecule has 8 nitrogen and oxygen atoms in total. The van der Waals surface area contributed by atoms with Crippen LogP contribution >= 0.6 is 11.5 Å². The summed E-state index contributed by atoms with van der Waals surface area (Å²) in [5, 5.41) is 15.1. The van der Waals surface area contributed by atoms with Crippen LogP contribution < -0.4 is 5.32 Å². The van der Waals surface area contributed by atoms with Gasteiger partial charge in [0.1, 0.15) is 12.4 Å². The summed E-state index contributed by atoms with van der Waals surface area (Å²) in [5.41, 5.74) is -0.979. The van der Waals surface area contributed by atoms with E-state index in [0.717, 1.165) is 25.9 Å². The topological polar surface area (TPSA) is 101 Å². The second kappa shape index (κ2) is 9.49. The van der Waals surface area contributed by atoms with E-state index in [4.69, 9.17) is 4.74 Å². The smallest absolute Gasteiger partial charge is 0.348 e. The van der Waals surface area contributed by atoms with Gasteiger partial charge >= 0.3 is 5.97 Å². The van der Waals surface area contributed by atoms with Crippen LogP contribution in [0.2, 0.25) is 0 Å². The third-order valence-corrected chi connectivity index (χ3v) is 7.95. The fourth-order valence-electron chi connectivity index (χ4n) is 5.37. The normalized spacial score (nSPS) is 23.6. The first-order valence-corrected chi connectivity index (χ1v) is 12.7. The van der Waals surface area contributed by atoms with Crippen molar-refractivity contribution < 1.29 is 23.9 Å². The van der Waals surface area contributed by atoms with Crippen molar-refractivity contribution >= 4 is 28.5 Å². The number of benzene rings is 2. The van der Waals surface area contributed by atoms with Gasteiger partial charge in [0.05, 0.1) is 13.1 Å². The fraction of sp³-hybridized carbons (Fsp3) is 0.385. The van der Waals surface area contributed by atoms with Gasteiger partial charge in [-0.15, -0.1) is 0 Å². The number of fused-ring (bicyclic) bond motifs is 3. The van der Waals surface area contributed by atoms with Gasteiger partial charge in [-0.2, -0.15) is 4.37 Å². The van der Waals surface area contributed by atoms with Gasteiger partial charge in [0, 0.05) is 30.3 Å². The second-order valence-electron chi connectivity index (χ2n) is 9.55. The zero-order valence-corrected chi connectivity index (χ0v) is 20.4. The molecule has 2 bridgehead atoms. The maximum absolute atomic E-state index is 13.6. The molecular formula is C26H29N4O4S+. The first-order chi connectivity index (χ1) is 16.9. The first kappa shape index (κ1) is 23.6. The molecule has 6 rings (SSSR count). The van der Waals surface area contributed by atoms with Gasteiger partial charge in [0.15, 0.2) is 12.6 Å². The predicted octanol–water partition coefficient (Wildman–Crippen LogP) is 2.87. The number of quaternary nitrogens is 1. The molecule has 0 saturated carbocycles. The molecule has 2 N–H and O–H groups in total. The van der Waals surface area contributed by atoms with Crippen molar-refractivity contribution in [3.63, 3.8) is 0 Å². The molecule has 9 heteroatoms. The number of aliphatic hydroxyl groups is 1. The van der Waals surface area contributed by atoms with E-state index in [9.17, 15) is 14.7 Å². The van der Waals surface area contributed by atoms with Gasteiger partial charge in [-0.3, -0.25) is 10.1 Å². The Labute approximate surface area is 208 Å². The lowest BCUT2D eigenvalue weighted by Gasteiger charge is -2.51. The van der Waals surface area contributed by atoms with Crippen LogP contribution in [0.3, 0.4) is 0 Å². The van der Waals surface area contributed by atoms with Gasteiger partial charge in [-0.05, 0) is 18.1 Å². The zero-order chi connectivity index (χ0) is 24.5. The van der Waals surface area contributed by atoms with Crippen LogP contribution in [0.25, 0.3) is 0 Å². The molecule has 3 saturated heterocycles. The molecule has 2 aromatic carbocycles. The third-order valence-electron chi connectivity index (χ3n) is 7.23. The van der Waals surface area contributed by atoms with Gasteiger partial charge in [-0.1, -0.05) is 60.7 Å². The van der Waals surface area contributed by atoms with Crippen molar-refractivity contribution in [3.05, 3.63) is 77.6 Å². The molecule has 3 aromatic rings. The van der Waals surface area contributed by atoms with E-state index in [2.05, 4.69) is 14.7 Å². The minimum atomic E-state index is -1.91. The lowest BCUT2D eigenvalue weighted by atomic mass is 9.82. The number of hydrogen-bond donors (Lipinski definition) is 2. The Hall–Kier alpha value is -3.14. The molecule has 0 radical (unpaired) electrons. The number of aromatic nitrogens is 2.